The van der Waals surface area contributed by atoms with Crippen LogP contribution in [-0.2, 0) is 6.54 Å². The third kappa shape index (κ3) is 1.85. The van der Waals surface area contributed by atoms with Gasteiger partial charge in [-0.3, -0.25) is 0 Å². The summed E-state index contributed by atoms with van der Waals surface area (Å²) in [5.74, 6) is 0.220. The van der Waals surface area contributed by atoms with E-state index >= 15 is 0 Å². The molecule has 1 aromatic heterocycles. The van der Waals surface area contributed by atoms with Crippen LogP contribution in [0, 0.1) is 0 Å². The molecule has 0 aliphatic heterocycles. The lowest BCUT2D eigenvalue weighted by atomic mass is 10.1. The van der Waals surface area contributed by atoms with Gasteiger partial charge >= 0.3 is 0 Å². The topological polar surface area (TPSA) is 58.3 Å². The molecule has 4 nitrogen and oxygen atoms in total. The molecule has 0 radical (unpaired) electrons. The normalized spacial score (nSPS) is 10.5. The van der Waals surface area contributed by atoms with Crippen molar-refractivity contribution in [3.8, 4) is 17.0 Å². The number of rotatable bonds is 3. The van der Waals surface area contributed by atoms with Crippen molar-refractivity contribution in [3.63, 3.8) is 0 Å². The van der Waals surface area contributed by atoms with Gasteiger partial charge in [-0.15, -0.1) is 0 Å². The molecule has 0 aliphatic rings. The van der Waals surface area contributed by atoms with Crippen LogP contribution < -0.4 is 0 Å². The maximum atomic E-state index is 9.67. The lowest BCUT2D eigenvalue weighted by Crippen LogP contribution is -2.02. The second-order valence-electron chi connectivity index (χ2n) is 3.21. The maximum absolute atomic E-state index is 9.67. The van der Waals surface area contributed by atoms with Gasteiger partial charge in [-0.1, -0.05) is 12.1 Å². The highest BCUT2D eigenvalue weighted by Gasteiger charge is 2.07. The van der Waals surface area contributed by atoms with E-state index in [1.165, 1.54) is 0 Å². The van der Waals surface area contributed by atoms with E-state index in [0.29, 0.717) is 6.54 Å². The highest BCUT2D eigenvalue weighted by atomic mass is 16.3. The van der Waals surface area contributed by atoms with Crippen molar-refractivity contribution in [1.29, 1.82) is 0 Å². The Bertz CT molecular complexity index is 451. The van der Waals surface area contributed by atoms with Gasteiger partial charge in [0.05, 0.1) is 24.8 Å². The van der Waals surface area contributed by atoms with Gasteiger partial charge in [0.2, 0.25) is 0 Å². The molecule has 0 saturated carbocycles. The Kier molecular flexibility index (Phi) is 2.69. The number of imidazole rings is 1. The van der Waals surface area contributed by atoms with Crippen LogP contribution in [0.5, 0.6) is 5.75 Å². The molecule has 0 atom stereocenters. The van der Waals surface area contributed by atoms with Gasteiger partial charge in [-0.2, -0.15) is 0 Å². The summed E-state index contributed by atoms with van der Waals surface area (Å²) < 4.78 is 1.80. The summed E-state index contributed by atoms with van der Waals surface area (Å²) in [4.78, 5) is 4.00. The number of phenols is 1. The molecule has 0 amide bonds. The van der Waals surface area contributed by atoms with Gasteiger partial charge in [0.1, 0.15) is 5.75 Å². The minimum Gasteiger partial charge on any atom is -0.507 e. The molecule has 2 N–H and O–H groups in total. The third-order valence-electron chi connectivity index (χ3n) is 2.23. The van der Waals surface area contributed by atoms with Crippen molar-refractivity contribution in [2.75, 3.05) is 6.61 Å². The Labute approximate surface area is 87.4 Å². The first-order valence-electron chi connectivity index (χ1n) is 4.72. The summed E-state index contributed by atoms with van der Waals surface area (Å²) in [5.41, 5.74) is 1.53. The van der Waals surface area contributed by atoms with Crippen molar-refractivity contribution < 1.29 is 10.2 Å². The van der Waals surface area contributed by atoms with Crippen molar-refractivity contribution in [2.24, 2.45) is 0 Å². The van der Waals surface area contributed by atoms with Crippen molar-refractivity contribution in [3.05, 3.63) is 36.8 Å². The molecule has 0 saturated heterocycles. The molecule has 78 valence electrons. The summed E-state index contributed by atoms with van der Waals surface area (Å²) in [7, 11) is 0. The fourth-order valence-corrected chi connectivity index (χ4v) is 1.52. The average Bonchev–Trinajstić information content (AvgIpc) is 2.67. The maximum Gasteiger partial charge on any atom is 0.124 e. The largest absolute Gasteiger partial charge is 0.507 e. The zero-order valence-corrected chi connectivity index (χ0v) is 8.17. The van der Waals surface area contributed by atoms with E-state index in [2.05, 4.69) is 4.98 Å². The molecule has 2 rings (SSSR count). The number of hydrogen-bond acceptors (Lipinski definition) is 3. The second-order valence-corrected chi connectivity index (χ2v) is 3.21. The first-order valence-corrected chi connectivity index (χ1v) is 4.72. The van der Waals surface area contributed by atoms with E-state index in [9.17, 15) is 5.11 Å². The lowest BCUT2D eigenvalue weighted by molar-refractivity contribution is 0.276. The molecular weight excluding hydrogens is 192 g/mol. The number of aromatic nitrogens is 2. The number of phenolic OH excluding ortho intramolecular Hbond substituents is 1. The number of benzene rings is 1. The molecule has 0 bridgehead atoms. The van der Waals surface area contributed by atoms with Gasteiger partial charge < -0.3 is 14.8 Å². The van der Waals surface area contributed by atoms with Gasteiger partial charge in [0, 0.05) is 12.1 Å². The first-order chi connectivity index (χ1) is 7.33. The standard InChI is InChI=1S/C11H12N2O2/c14-6-5-13-8-12-7-10(13)9-3-1-2-4-11(9)15/h1-4,7-8,14-15H,5-6H2. The molecule has 0 spiro atoms. The molecule has 15 heavy (non-hydrogen) atoms. The van der Waals surface area contributed by atoms with Crippen molar-refractivity contribution in [1.82, 2.24) is 9.55 Å². The predicted octanol–water partition coefficient (Wildman–Crippen LogP) is 1.25. The average molecular weight is 204 g/mol. The third-order valence-corrected chi connectivity index (χ3v) is 2.23. The quantitative estimate of drug-likeness (QED) is 0.791. The predicted molar refractivity (Wildman–Crippen MR) is 56.4 cm³/mol. The Morgan fingerprint density at radius 1 is 1.27 bits per heavy atom. The van der Waals surface area contributed by atoms with Gasteiger partial charge in [0.15, 0.2) is 0 Å². The van der Waals surface area contributed by atoms with E-state index in [1.807, 2.05) is 12.1 Å². The Hall–Kier alpha value is -1.81. The van der Waals surface area contributed by atoms with Crippen LogP contribution in [0.1, 0.15) is 0 Å². The molecule has 4 heteroatoms. The monoisotopic (exact) mass is 204 g/mol. The van der Waals surface area contributed by atoms with Crippen LogP contribution in [0.3, 0.4) is 0 Å². The number of aliphatic hydroxyl groups is 1. The molecule has 0 fully saturated rings. The minimum atomic E-state index is 0.0525. The van der Waals surface area contributed by atoms with Crippen LogP contribution in [0.15, 0.2) is 36.8 Å². The number of aliphatic hydroxyl groups excluding tert-OH is 1. The van der Waals surface area contributed by atoms with Gasteiger partial charge in [-0.05, 0) is 12.1 Å². The summed E-state index contributed by atoms with van der Waals surface area (Å²) in [6.45, 7) is 0.528. The van der Waals surface area contributed by atoms with Crippen LogP contribution in [0.2, 0.25) is 0 Å². The van der Waals surface area contributed by atoms with E-state index in [-0.39, 0.29) is 12.4 Å². The molecule has 1 heterocycles. The Morgan fingerprint density at radius 2 is 2.07 bits per heavy atom. The van der Waals surface area contributed by atoms with Crippen molar-refractivity contribution in [2.45, 2.75) is 6.54 Å². The Morgan fingerprint density at radius 3 is 2.80 bits per heavy atom. The van der Waals surface area contributed by atoms with Crippen molar-refractivity contribution >= 4 is 0 Å². The summed E-state index contributed by atoms with van der Waals surface area (Å²) in [6.07, 6.45) is 3.31. The smallest absolute Gasteiger partial charge is 0.124 e. The minimum absolute atomic E-state index is 0.0525. The fraction of sp³-hybridized carbons (Fsp3) is 0.182. The number of hydrogen-bond donors (Lipinski definition) is 2. The molecule has 0 unspecified atom stereocenters. The van der Waals surface area contributed by atoms with E-state index in [0.717, 1.165) is 11.3 Å². The fourth-order valence-electron chi connectivity index (χ4n) is 1.52. The number of aromatic hydroxyl groups is 1. The van der Waals surface area contributed by atoms with Gasteiger partial charge in [0.25, 0.3) is 0 Å². The lowest BCUT2D eigenvalue weighted by Gasteiger charge is -2.07. The first kappa shape index (κ1) is 9.73. The van der Waals surface area contributed by atoms with Crippen LogP contribution in [0.25, 0.3) is 11.3 Å². The molecule has 0 aliphatic carbocycles. The van der Waals surface area contributed by atoms with E-state index in [1.54, 1.807) is 29.2 Å². The van der Waals surface area contributed by atoms with E-state index < -0.39 is 0 Å². The highest BCUT2D eigenvalue weighted by Crippen LogP contribution is 2.27. The molecule has 2 aromatic rings. The summed E-state index contributed by atoms with van der Waals surface area (Å²) >= 11 is 0. The zero-order valence-electron chi connectivity index (χ0n) is 8.17. The Balaban J connectivity index is 2.45. The van der Waals surface area contributed by atoms with Crippen LogP contribution in [-0.4, -0.2) is 26.4 Å². The van der Waals surface area contributed by atoms with E-state index in [4.69, 9.17) is 5.11 Å². The highest BCUT2D eigenvalue weighted by molar-refractivity contribution is 5.66. The van der Waals surface area contributed by atoms with Gasteiger partial charge in [-0.25, -0.2) is 4.98 Å². The second kappa shape index (κ2) is 4.14. The van der Waals surface area contributed by atoms with Crippen LogP contribution >= 0.6 is 0 Å². The SMILES string of the molecule is OCCn1cncc1-c1ccccc1O. The zero-order chi connectivity index (χ0) is 10.7. The van der Waals surface area contributed by atoms with Crippen LogP contribution in [0.4, 0.5) is 0 Å². The number of nitrogens with zero attached hydrogens (tertiary/aromatic N) is 2. The summed E-state index contributed by atoms with van der Waals surface area (Å²) in [6, 6.07) is 7.07. The molecule has 1 aromatic carbocycles. The summed E-state index contributed by atoms with van der Waals surface area (Å²) in [5, 5.41) is 18.5. The number of para-hydroxylation sites is 1. The molecular formula is C11H12N2O2.